The molecule has 0 saturated carbocycles. The first-order valence-electron chi connectivity index (χ1n) is 3.67. The van der Waals surface area contributed by atoms with Crippen molar-refractivity contribution in [2.45, 2.75) is 6.42 Å². The molecule has 0 heterocycles. The molecule has 0 spiro atoms. The first-order valence-corrected chi connectivity index (χ1v) is 4.05. The second-order valence-corrected chi connectivity index (χ2v) is 3.10. The van der Waals surface area contributed by atoms with Crippen LogP contribution in [0.2, 0.25) is 5.02 Å². The quantitative estimate of drug-likeness (QED) is 0.638. The molecular formula is C10H6Cl2OPd-. The Bertz CT molecular complexity index is 357. The Kier molecular flexibility index (Phi) is 5.63. The van der Waals surface area contributed by atoms with Gasteiger partial charge in [0.1, 0.15) is 0 Å². The van der Waals surface area contributed by atoms with Gasteiger partial charge >= 0.3 is 0 Å². The maximum atomic E-state index is 11.0. The van der Waals surface area contributed by atoms with Crippen molar-refractivity contribution in [1.82, 2.24) is 0 Å². The van der Waals surface area contributed by atoms with Crippen LogP contribution in [-0.4, -0.2) is 5.78 Å². The predicted molar refractivity (Wildman–Crippen MR) is 47.7 cm³/mol. The number of allylic oxidation sites excluding steroid dienone is 2. The van der Waals surface area contributed by atoms with Crippen LogP contribution >= 0.6 is 11.6 Å². The summed E-state index contributed by atoms with van der Waals surface area (Å²) in [6.45, 7) is 0. The summed E-state index contributed by atoms with van der Waals surface area (Å²) in [6.07, 6.45) is 3.41. The Morgan fingerprint density at radius 3 is 2.14 bits per heavy atom. The van der Waals surface area contributed by atoms with Gasteiger partial charge in [-0.1, -0.05) is 23.7 Å². The monoisotopic (exact) mass is 318 g/mol. The first-order chi connectivity index (χ1) is 5.77. The molecule has 14 heavy (non-hydrogen) atoms. The molecule has 77 valence electrons. The van der Waals surface area contributed by atoms with Crippen LogP contribution in [0, 0.1) is 6.08 Å². The molecule has 0 N–H and O–H groups in total. The van der Waals surface area contributed by atoms with Crippen molar-refractivity contribution in [3.8, 4) is 0 Å². The van der Waals surface area contributed by atoms with Gasteiger partial charge in [-0.3, -0.25) is 4.79 Å². The smallest absolute Gasteiger partial charge is 0.168 e. The van der Waals surface area contributed by atoms with Crippen molar-refractivity contribution >= 4 is 23.0 Å². The van der Waals surface area contributed by atoms with Crippen LogP contribution in [-0.2, 0) is 25.2 Å². The Morgan fingerprint density at radius 2 is 1.79 bits per heavy atom. The number of hydrogen-bond acceptors (Lipinski definition) is 1. The minimum Gasteiger partial charge on any atom is -1.00 e. The van der Waals surface area contributed by atoms with Crippen LogP contribution < -0.4 is 12.4 Å². The molecule has 1 aliphatic carbocycles. The number of ketones is 1. The standard InChI is InChI=1S/C10H6ClO.ClH.Pd/c11-8-3-1-7(2-4-8)9-5-6-10(9)12;;/h1-4H,6H2;1H;/p-1. The summed E-state index contributed by atoms with van der Waals surface area (Å²) < 4.78 is 0. The molecule has 1 radical (unpaired) electrons. The van der Waals surface area contributed by atoms with Crippen LogP contribution in [0.4, 0.5) is 0 Å². The average molecular weight is 319 g/mol. The van der Waals surface area contributed by atoms with Gasteiger partial charge in [-0.2, -0.15) is 0 Å². The molecule has 0 saturated heterocycles. The molecule has 0 unspecified atom stereocenters. The van der Waals surface area contributed by atoms with Crippen molar-refractivity contribution in [2.24, 2.45) is 0 Å². The van der Waals surface area contributed by atoms with E-state index in [1.54, 1.807) is 12.1 Å². The zero-order valence-electron chi connectivity index (χ0n) is 7.00. The summed E-state index contributed by atoms with van der Waals surface area (Å²) >= 11 is 5.70. The fraction of sp³-hybridized carbons (Fsp3) is 0.100. The molecule has 0 amide bonds. The maximum absolute atomic E-state index is 11.0. The van der Waals surface area contributed by atoms with E-state index >= 15 is 0 Å². The van der Waals surface area contributed by atoms with Gasteiger partial charge in [-0.15, -0.1) is 0 Å². The topological polar surface area (TPSA) is 17.1 Å². The Morgan fingerprint density at radius 1 is 1.21 bits per heavy atom. The Balaban J connectivity index is 0.000000845. The summed E-state index contributed by atoms with van der Waals surface area (Å²) in [5, 5.41) is 0.686. The van der Waals surface area contributed by atoms with Gasteiger partial charge in [-0.25, -0.2) is 0 Å². The van der Waals surface area contributed by atoms with Crippen molar-refractivity contribution in [1.29, 1.82) is 0 Å². The molecule has 2 rings (SSSR count). The Labute approximate surface area is 108 Å². The van der Waals surface area contributed by atoms with E-state index in [1.807, 2.05) is 12.1 Å². The van der Waals surface area contributed by atoms with E-state index < -0.39 is 0 Å². The van der Waals surface area contributed by atoms with Crippen molar-refractivity contribution in [3.05, 3.63) is 40.9 Å². The van der Waals surface area contributed by atoms with E-state index in [-0.39, 0.29) is 38.6 Å². The number of Topliss-reactive ketones (excluding diaryl/α,β-unsaturated/α-hetero) is 1. The van der Waals surface area contributed by atoms with Crippen LogP contribution in [0.15, 0.2) is 24.3 Å². The van der Waals surface area contributed by atoms with Gasteiger partial charge in [0.2, 0.25) is 0 Å². The number of halogens is 2. The summed E-state index contributed by atoms with van der Waals surface area (Å²) in [7, 11) is 0. The third-order valence-corrected chi connectivity index (χ3v) is 2.09. The summed E-state index contributed by atoms with van der Waals surface area (Å²) in [6, 6.07) is 7.22. The second kappa shape index (κ2) is 5.68. The molecule has 0 bridgehead atoms. The van der Waals surface area contributed by atoms with Gasteiger partial charge in [-0.05, 0) is 23.8 Å². The van der Waals surface area contributed by atoms with Crippen molar-refractivity contribution in [2.75, 3.05) is 0 Å². The minimum atomic E-state index is 0. The van der Waals surface area contributed by atoms with Crippen molar-refractivity contribution in [3.63, 3.8) is 0 Å². The summed E-state index contributed by atoms with van der Waals surface area (Å²) in [5.74, 6) is 0.164. The van der Waals surface area contributed by atoms with E-state index in [0.717, 1.165) is 5.56 Å². The predicted octanol–water partition coefficient (Wildman–Crippen LogP) is -0.499. The second-order valence-electron chi connectivity index (χ2n) is 2.66. The molecule has 4 heteroatoms. The van der Waals surface area contributed by atoms with E-state index in [0.29, 0.717) is 17.0 Å². The number of hydrogen-bond donors (Lipinski definition) is 0. The van der Waals surface area contributed by atoms with Crippen LogP contribution in [0.25, 0.3) is 5.57 Å². The number of rotatable bonds is 1. The fourth-order valence-electron chi connectivity index (χ4n) is 1.13. The average Bonchev–Trinajstić information content (AvgIpc) is 2.06. The zero-order valence-corrected chi connectivity index (χ0v) is 10.1. The van der Waals surface area contributed by atoms with Gasteiger partial charge < -0.3 is 12.4 Å². The van der Waals surface area contributed by atoms with Crippen molar-refractivity contribution < 1.29 is 37.6 Å². The van der Waals surface area contributed by atoms with E-state index in [4.69, 9.17) is 11.6 Å². The van der Waals surface area contributed by atoms with Crippen LogP contribution in [0.5, 0.6) is 0 Å². The minimum absolute atomic E-state index is 0. The first kappa shape index (κ1) is 13.9. The Hall–Kier alpha value is -0.128. The molecule has 1 aromatic rings. The number of carbonyl (C=O) groups excluding carboxylic acids is 1. The van der Waals surface area contributed by atoms with Gasteiger partial charge in [0, 0.05) is 37.4 Å². The molecule has 0 aromatic heterocycles. The third kappa shape index (κ3) is 2.68. The molecule has 0 aliphatic heterocycles. The normalized spacial score (nSPS) is 13.2. The van der Waals surface area contributed by atoms with E-state index in [2.05, 4.69) is 6.08 Å². The van der Waals surface area contributed by atoms with Crippen LogP contribution in [0.3, 0.4) is 0 Å². The maximum Gasteiger partial charge on any atom is 0.168 e. The van der Waals surface area contributed by atoms with E-state index in [1.165, 1.54) is 0 Å². The van der Waals surface area contributed by atoms with Gasteiger partial charge in [0.25, 0.3) is 0 Å². The van der Waals surface area contributed by atoms with Gasteiger partial charge in [0.15, 0.2) is 5.78 Å². The molecule has 0 atom stereocenters. The van der Waals surface area contributed by atoms with Crippen LogP contribution in [0.1, 0.15) is 12.0 Å². The zero-order chi connectivity index (χ0) is 8.55. The molecule has 0 fully saturated rings. The summed E-state index contributed by atoms with van der Waals surface area (Å²) in [5.41, 5.74) is 1.61. The molecule has 1 aromatic carbocycles. The number of benzene rings is 1. The molecule has 1 aliphatic rings. The fourth-order valence-corrected chi connectivity index (χ4v) is 1.25. The van der Waals surface area contributed by atoms with E-state index in [9.17, 15) is 4.79 Å². The number of carbonyl (C=O) groups is 1. The summed E-state index contributed by atoms with van der Waals surface area (Å²) in [4.78, 5) is 11.0. The van der Waals surface area contributed by atoms with Gasteiger partial charge in [0.05, 0.1) is 0 Å². The SMILES string of the molecule is O=C1C[C]=C1c1ccc(Cl)cc1.[Cl-].[Pd]. The molecule has 1 nitrogen and oxygen atoms in total. The third-order valence-electron chi connectivity index (χ3n) is 1.84. The largest absolute Gasteiger partial charge is 1.00 e. The molecular weight excluding hydrogens is 313 g/mol.